The number of nitrogens with one attached hydrogen (secondary N) is 1. The molecule has 32 heavy (non-hydrogen) atoms. The molecular weight excluding hydrogens is 448 g/mol. The van der Waals surface area contributed by atoms with E-state index in [2.05, 4.69) is 22.1 Å². The van der Waals surface area contributed by atoms with Crippen LogP contribution in [-0.2, 0) is 11.3 Å². The minimum atomic E-state index is -0.401. The van der Waals surface area contributed by atoms with E-state index in [-0.39, 0.29) is 11.7 Å². The quantitative estimate of drug-likeness (QED) is 0.318. The number of aryl methyl sites for hydroxylation is 1. The second-order valence-electron chi connectivity index (χ2n) is 6.97. The summed E-state index contributed by atoms with van der Waals surface area (Å²) in [6.07, 6.45) is 1.35. The molecule has 0 radical (unpaired) electrons. The van der Waals surface area contributed by atoms with Crippen LogP contribution in [0.5, 0.6) is 11.5 Å². The van der Waals surface area contributed by atoms with Gasteiger partial charge in [0.1, 0.15) is 11.5 Å². The minimum absolute atomic E-state index is 0.159. The van der Waals surface area contributed by atoms with E-state index in [4.69, 9.17) is 21.1 Å². The number of benzene rings is 2. The van der Waals surface area contributed by atoms with Gasteiger partial charge in [-0.3, -0.25) is 9.36 Å². The summed E-state index contributed by atoms with van der Waals surface area (Å²) in [5.74, 6) is 1.78. The molecule has 3 rings (SSSR count). The number of anilines is 1. The number of hydrogen-bond acceptors (Lipinski definition) is 6. The fraction of sp³-hybridized carbons (Fsp3) is 0.261. The van der Waals surface area contributed by atoms with Gasteiger partial charge >= 0.3 is 0 Å². The summed E-state index contributed by atoms with van der Waals surface area (Å²) < 4.78 is 13.2. The molecule has 0 saturated carbocycles. The van der Waals surface area contributed by atoms with Crippen LogP contribution in [0.15, 0.2) is 60.3 Å². The number of amides is 1. The van der Waals surface area contributed by atoms with Crippen molar-refractivity contribution in [1.82, 2.24) is 14.8 Å². The Morgan fingerprint density at radius 2 is 2.06 bits per heavy atom. The summed E-state index contributed by atoms with van der Waals surface area (Å²) in [7, 11) is 1.57. The first-order valence-electron chi connectivity index (χ1n) is 9.95. The van der Waals surface area contributed by atoms with Gasteiger partial charge in [0.05, 0.1) is 23.6 Å². The molecule has 3 aromatic rings. The van der Waals surface area contributed by atoms with Crippen molar-refractivity contribution in [3.8, 4) is 11.5 Å². The van der Waals surface area contributed by atoms with E-state index in [0.717, 1.165) is 5.56 Å². The first-order chi connectivity index (χ1) is 15.4. The Hall–Kier alpha value is -2.97. The van der Waals surface area contributed by atoms with Gasteiger partial charge in [0.15, 0.2) is 17.1 Å². The second-order valence-corrected chi connectivity index (χ2v) is 8.32. The van der Waals surface area contributed by atoms with Crippen LogP contribution in [0.2, 0.25) is 5.02 Å². The molecule has 0 aliphatic carbocycles. The van der Waals surface area contributed by atoms with E-state index in [0.29, 0.717) is 39.7 Å². The highest BCUT2D eigenvalue weighted by Crippen LogP contribution is 2.30. The van der Waals surface area contributed by atoms with Gasteiger partial charge < -0.3 is 14.8 Å². The number of aromatic nitrogens is 3. The number of methoxy groups -OCH3 is 1. The van der Waals surface area contributed by atoms with Crippen LogP contribution in [0.4, 0.5) is 5.69 Å². The third-order valence-corrected chi connectivity index (χ3v) is 5.80. The van der Waals surface area contributed by atoms with Gasteiger partial charge in [-0.05, 0) is 43.7 Å². The maximum atomic E-state index is 12.5. The predicted molar refractivity (Wildman–Crippen MR) is 128 cm³/mol. The molecule has 1 unspecified atom stereocenters. The number of rotatable bonds is 10. The predicted octanol–water partition coefficient (Wildman–Crippen LogP) is 5.31. The maximum Gasteiger partial charge on any atom is 0.234 e. The largest absolute Gasteiger partial charge is 0.495 e. The minimum Gasteiger partial charge on any atom is -0.495 e. The van der Waals surface area contributed by atoms with Crippen molar-refractivity contribution in [2.45, 2.75) is 31.7 Å². The number of hydrogen-bond donors (Lipinski definition) is 1. The zero-order valence-electron chi connectivity index (χ0n) is 18.2. The van der Waals surface area contributed by atoms with Crippen LogP contribution in [0.1, 0.15) is 24.4 Å². The highest BCUT2D eigenvalue weighted by molar-refractivity contribution is 7.99. The van der Waals surface area contributed by atoms with Crippen molar-refractivity contribution >= 4 is 35.0 Å². The Morgan fingerprint density at radius 1 is 1.28 bits per heavy atom. The van der Waals surface area contributed by atoms with Crippen LogP contribution in [0, 0.1) is 6.92 Å². The molecule has 0 saturated heterocycles. The summed E-state index contributed by atoms with van der Waals surface area (Å²) >= 11 is 7.49. The van der Waals surface area contributed by atoms with Crippen molar-refractivity contribution in [3.63, 3.8) is 0 Å². The SMILES string of the molecule is C=CCn1c(SCC(=O)Nc2cc(C)ccc2OC)nnc1C(C)Oc1ccccc1Cl. The maximum absolute atomic E-state index is 12.5. The fourth-order valence-electron chi connectivity index (χ4n) is 3.03. The van der Waals surface area contributed by atoms with Crippen molar-refractivity contribution in [2.24, 2.45) is 0 Å². The number of ether oxygens (including phenoxy) is 2. The van der Waals surface area contributed by atoms with E-state index in [1.165, 1.54) is 11.8 Å². The number of allylic oxidation sites excluding steroid dienone is 1. The molecule has 1 N–H and O–H groups in total. The van der Waals surface area contributed by atoms with Gasteiger partial charge in [-0.2, -0.15) is 0 Å². The van der Waals surface area contributed by atoms with E-state index in [1.807, 2.05) is 48.7 Å². The lowest BCUT2D eigenvalue weighted by Gasteiger charge is -2.16. The second kappa shape index (κ2) is 11.1. The Morgan fingerprint density at radius 3 is 2.78 bits per heavy atom. The Bertz CT molecular complexity index is 1100. The highest BCUT2D eigenvalue weighted by Gasteiger charge is 2.20. The topological polar surface area (TPSA) is 78.3 Å². The Kier molecular flexibility index (Phi) is 8.19. The average molecular weight is 473 g/mol. The summed E-state index contributed by atoms with van der Waals surface area (Å²) in [6.45, 7) is 8.12. The molecule has 168 valence electrons. The molecule has 9 heteroatoms. The van der Waals surface area contributed by atoms with Crippen LogP contribution < -0.4 is 14.8 Å². The van der Waals surface area contributed by atoms with Gasteiger partial charge in [0.25, 0.3) is 0 Å². The molecule has 0 fully saturated rings. The number of nitrogens with zero attached hydrogens (tertiary/aromatic N) is 3. The smallest absolute Gasteiger partial charge is 0.234 e. The van der Waals surface area contributed by atoms with Gasteiger partial charge in [-0.25, -0.2) is 0 Å². The lowest BCUT2D eigenvalue weighted by molar-refractivity contribution is -0.113. The van der Waals surface area contributed by atoms with Crippen molar-refractivity contribution in [2.75, 3.05) is 18.2 Å². The third-order valence-electron chi connectivity index (χ3n) is 4.52. The molecule has 1 amide bonds. The molecule has 1 aromatic heterocycles. The molecule has 1 heterocycles. The number of para-hydroxylation sites is 1. The van der Waals surface area contributed by atoms with E-state index >= 15 is 0 Å². The van der Waals surface area contributed by atoms with E-state index in [9.17, 15) is 4.79 Å². The van der Waals surface area contributed by atoms with Crippen LogP contribution in [0.3, 0.4) is 0 Å². The Labute approximate surface area is 196 Å². The summed E-state index contributed by atoms with van der Waals surface area (Å²) in [5.41, 5.74) is 1.66. The monoisotopic (exact) mass is 472 g/mol. The summed E-state index contributed by atoms with van der Waals surface area (Å²) in [5, 5.41) is 12.6. The van der Waals surface area contributed by atoms with Crippen LogP contribution >= 0.6 is 23.4 Å². The fourth-order valence-corrected chi connectivity index (χ4v) is 3.96. The van der Waals surface area contributed by atoms with Crippen molar-refractivity contribution < 1.29 is 14.3 Å². The van der Waals surface area contributed by atoms with Crippen molar-refractivity contribution in [1.29, 1.82) is 0 Å². The lowest BCUT2D eigenvalue weighted by atomic mass is 10.2. The first kappa shape index (κ1) is 23.7. The van der Waals surface area contributed by atoms with E-state index < -0.39 is 6.10 Å². The molecule has 1 atom stereocenters. The van der Waals surface area contributed by atoms with Crippen molar-refractivity contribution in [3.05, 3.63) is 71.5 Å². The Balaban J connectivity index is 1.70. The number of carbonyl (C=O) groups is 1. The van der Waals surface area contributed by atoms with Gasteiger partial charge in [-0.15, -0.1) is 16.8 Å². The zero-order valence-corrected chi connectivity index (χ0v) is 19.7. The molecule has 0 spiro atoms. The molecule has 2 aromatic carbocycles. The first-order valence-corrected chi connectivity index (χ1v) is 11.3. The van der Waals surface area contributed by atoms with E-state index in [1.54, 1.807) is 25.3 Å². The molecule has 7 nitrogen and oxygen atoms in total. The van der Waals surface area contributed by atoms with Gasteiger partial charge in [0.2, 0.25) is 5.91 Å². The normalized spacial score (nSPS) is 11.6. The molecular formula is C23H25ClN4O3S. The average Bonchev–Trinajstić information content (AvgIpc) is 3.17. The third kappa shape index (κ3) is 5.83. The lowest BCUT2D eigenvalue weighted by Crippen LogP contribution is -2.16. The number of thioether (sulfide) groups is 1. The summed E-state index contributed by atoms with van der Waals surface area (Å²) in [4.78, 5) is 12.5. The van der Waals surface area contributed by atoms with Gasteiger partial charge in [0, 0.05) is 6.54 Å². The molecule has 0 bridgehead atoms. The van der Waals surface area contributed by atoms with Gasteiger partial charge in [-0.1, -0.05) is 47.6 Å². The van der Waals surface area contributed by atoms with Crippen LogP contribution in [-0.4, -0.2) is 33.5 Å². The van der Waals surface area contributed by atoms with Crippen LogP contribution in [0.25, 0.3) is 0 Å². The molecule has 0 aliphatic rings. The zero-order chi connectivity index (χ0) is 23.1. The molecule has 0 aliphatic heterocycles. The standard InChI is InChI=1S/C23H25ClN4O3S/c1-5-12-28-22(16(3)31-19-9-7-6-8-17(19)24)26-27-23(28)32-14-21(29)25-18-13-15(2)10-11-20(18)30-4/h5-11,13,16H,1,12,14H2,2-4H3,(H,25,29). The summed E-state index contributed by atoms with van der Waals surface area (Å²) in [6, 6.07) is 12.9. The number of halogens is 1. The highest BCUT2D eigenvalue weighted by atomic mass is 35.5. The number of carbonyl (C=O) groups excluding carboxylic acids is 1.